The Morgan fingerprint density at radius 1 is 1.33 bits per heavy atom. The lowest BCUT2D eigenvalue weighted by Gasteiger charge is -2.06. The Morgan fingerprint density at radius 2 is 2.11 bits per heavy atom. The molecule has 2 rings (SSSR count). The quantitative estimate of drug-likeness (QED) is 0.920. The number of hydrogen-bond acceptors (Lipinski definition) is 3. The maximum atomic E-state index is 10.8. The lowest BCUT2D eigenvalue weighted by atomic mass is 10.2. The van der Waals surface area contributed by atoms with Gasteiger partial charge in [0.15, 0.2) is 0 Å². The lowest BCUT2D eigenvalue weighted by molar-refractivity contribution is 0.0696. The number of aromatic nitrogens is 1. The molecule has 18 heavy (non-hydrogen) atoms. The molecule has 1 aromatic carbocycles. The van der Waals surface area contributed by atoms with Crippen LogP contribution in [-0.2, 0) is 0 Å². The van der Waals surface area contributed by atoms with Crippen molar-refractivity contribution in [1.29, 1.82) is 0 Å². The number of carboxylic acid groups (broad SMARTS) is 1. The van der Waals surface area contributed by atoms with Crippen LogP contribution in [0.3, 0.4) is 0 Å². The molecule has 0 atom stereocenters. The Balaban J connectivity index is 2.25. The third-order valence-electron chi connectivity index (χ3n) is 2.33. The summed E-state index contributed by atoms with van der Waals surface area (Å²) in [6.07, 6.45) is 1.39. The van der Waals surface area contributed by atoms with Crippen molar-refractivity contribution in [1.82, 2.24) is 4.98 Å². The van der Waals surface area contributed by atoms with E-state index >= 15 is 0 Å². The van der Waals surface area contributed by atoms with Gasteiger partial charge < -0.3 is 9.84 Å². The van der Waals surface area contributed by atoms with Crippen molar-refractivity contribution in [3.8, 4) is 11.6 Å². The first kappa shape index (κ1) is 12.4. The van der Waals surface area contributed by atoms with E-state index in [-0.39, 0.29) is 11.4 Å². The number of ether oxygens (including phenoxy) is 1. The highest BCUT2D eigenvalue weighted by Crippen LogP contribution is 2.25. The first-order valence-corrected chi connectivity index (χ1v) is 5.57. The van der Waals surface area contributed by atoms with Crippen LogP contribution in [0.1, 0.15) is 15.9 Å². The van der Waals surface area contributed by atoms with Crippen molar-refractivity contribution < 1.29 is 14.6 Å². The highest BCUT2D eigenvalue weighted by atomic mass is 35.5. The van der Waals surface area contributed by atoms with Crippen LogP contribution in [0.5, 0.6) is 11.6 Å². The summed E-state index contributed by atoms with van der Waals surface area (Å²) in [5.74, 6) is -0.224. The van der Waals surface area contributed by atoms with Gasteiger partial charge in [0.2, 0.25) is 5.88 Å². The van der Waals surface area contributed by atoms with Gasteiger partial charge in [-0.15, -0.1) is 0 Å². The van der Waals surface area contributed by atoms with Gasteiger partial charge in [0.05, 0.1) is 5.56 Å². The van der Waals surface area contributed by atoms with Crippen LogP contribution in [0.25, 0.3) is 0 Å². The van der Waals surface area contributed by atoms with Gasteiger partial charge in [0.1, 0.15) is 5.75 Å². The number of pyridine rings is 1. The van der Waals surface area contributed by atoms with E-state index < -0.39 is 5.97 Å². The van der Waals surface area contributed by atoms with E-state index in [9.17, 15) is 4.79 Å². The maximum Gasteiger partial charge on any atom is 0.335 e. The van der Waals surface area contributed by atoms with Crippen molar-refractivity contribution in [2.45, 2.75) is 6.92 Å². The molecule has 5 heteroatoms. The Kier molecular flexibility index (Phi) is 3.48. The van der Waals surface area contributed by atoms with E-state index in [2.05, 4.69) is 4.98 Å². The van der Waals surface area contributed by atoms with Crippen molar-refractivity contribution >= 4 is 17.6 Å². The summed E-state index contributed by atoms with van der Waals surface area (Å²) in [4.78, 5) is 14.8. The summed E-state index contributed by atoms with van der Waals surface area (Å²) in [6.45, 7) is 1.86. The average molecular weight is 264 g/mol. The minimum Gasteiger partial charge on any atom is -0.478 e. The van der Waals surface area contributed by atoms with E-state index in [1.807, 2.05) is 6.92 Å². The summed E-state index contributed by atoms with van der Waals surface area (Å²) in [5, 5.41) is 9.50. The van der Waals surface area contributed by atoms with Crippen LogP contribution < -0.4 is 4.74 Å². The molecule has 2 aromatic rings. The molecule has 0 aliphatic rings. The number of nitrogens with zero attached hydrogens (tertiary/aromatic N) is 1. The zero-order valence-electron chi connectivity index (χ0n) is 9.55. The van der Waals surface area contributed by atoms with Crippen LogP contribution in [0, 0.1) is 6.92 Å². The molecular weight excluding hydrogens is 254 g/mol. The molecule has 0 spiro atoms. The predicted molar refractivity (Wildman–Crippen MR) is 67.5 cm³/mol. The van der Waals surface area contributed by atoms with Gasteiger partial charge in [-0.1, -0.05) is 11.6 Å². The Bertz CT molecular complexity index is 599. The fourth-order valence-electron chi connectivity index (χ4n) is 1.40. The normalized spacial score (nSPS) is 10.1. The number of rotatable bonds is 3. The van der Waals surface area contributed by atoms with Crippen molar-refractivity contribution in [3.63, 3.8) is 0 Å². The smallest absolute Gasteiger partial charge is 0.335 e. The number of carboxylic acids is 1. The van der Waals surface area contributed by atoms with Gasteiger partial charge in [0, 0.05) is 17.3 Å². The molecule has 0 aliphatic carbocycles. The summed E-state index contributed by atoms with van der Waals surface area (Å²) in [6, 6.07) is 7.95. The zero-order valence-corrected chi connectivity index (χ0v) is 10.3. The standard InChI is InChI=1S/C13H10ClNO3/c1-8-6-10(2-3-11(8)14)18-12-7-9(13(16)17)4-5-15-12/h2-7H,1H3,(H,16,17). The third kappa shape index (κ3) is 2.78. The van der Waals surface area contributed by atoms with Crippen LogP contribution in [-0.4, -0.2) is 16.1 Å². The van der Waals surface area contributed by atoms with Gasteiger partial charge >= 0.3 is 5.97 Å². The summed E-state index contributed by atoms with van der Waals surface area (Å²) in [5.41, 5.74) is 1.01. The molecule has 1 N–H and O–H groups in total. The number of carbonyl (C=O) groups is 1. The molecule has 1 heterocycles. The van der Waals surface area contributed by atoms with Crippen LogP contribution in [0.15, 0.2) is 36.5 Å². The highest BCUT2D eigenvalue weighted by Gasteiger charge is 2.06. The first-order chi connectivity index (χ1) is 8.56. The summed E-state index contributed by atoms with van der Waals surface area (Å²) >= 11 is 5.90. The van der Waals surface area contributed by atoms with Crippen LogP contribution in [0.4, 0.5) is 0 Å². The molecule has 0 unspecified atom stereocenters. The summed E-state index contributed by atoms with van der Waals surface area (Å²) < 4.78 is 5.47. The molecule has 92 valence electrons. The lowest BCUT2D eigenvalue weighted by Crippen LogP contribution is -1.97. The molecule has 0 amide bonds. The van der Waals surface area contributed by atoms with Gasteiger partial charge in [-0.3, -0.25) is 0 Å². The Labute approximate surface area is 109 Å². The monoisotopic (exact) mass is 263 g/mol. The molecule has 0 saturated carbocycles. The van der Waals surface area contributed by atoms with E-state index in [4.69, 9.17) is 21.4 Å². The fraction of sp³-hybridized carbons (Fsp3) is 0.0769. The number of hydrogen-bond donors (Lipinski definition) is 1. The number of halogens is 1. The number of aromatic carboxylic acids is 1. The fourth-order valence-corrected chi connectivity index (χ4v) is 1.52. The summed E-state index contributed by atoms with van der Waals surface area (Å²) in [7, 11) is 0. The SMILES string of the molecule is Cc1cc(Oc2cc(C(=O)O)ccn2)ccc1Cl. The molecule has 1 aromatic heterocycles. The van der Waals surface area contributed by atoms with Gasteiger partial charge in [-0.2, -0.15) is 0 Å². The van der Waals surface area contributed by atoms with Gasteiger partial charge in [0.25, 0.3) is 0 Å². The van der Waals surface area contributed by atoms with Crippen molar-refractivity contribution in [2.75, 3.05) is 0 Å². The number of aryl methyl sites for hydroxylation is 1. The van der Waals surface area contributed by atoms with Crippen LogP contribution >= 0.6 is 11.6 Å². The van der Waals surface area contributed by atoms with Gasteiger partial charge in [-0.25, -0.2) is 9.78 Å². The Hall–Kier alpha value is -2.07. The highest BCUT2D eigenvalue weighted by molar-refractivity contribution is 6.31. The minimum absolute atomic E-state index is 0.130. The second-order valence-electron chi connectivity index (χ2n) is 3.70. The minimum atomic E-state index is -1.02. The van der Waals surface area contributed by atoms with E-state index in [1.54, 1.807) is 18.2 Å². The third-order valence-corrected chi connectivity index (χ3v) is 2.76. The molecule has 0 aliphatic heterocycles. The molecule has 0 bridgehead atoms. The average Bonchev–Trinajstić information content (AvgIpc) is 2.34. The molecular formula is C13H10ClNO3. The van der Waals surface area contributed by atoms with Crippen molar-refractivity contribution in [3.05, 3.63) is 52.7 Å². The van der Waals surface area contributed by atoms with Gasteiger partial charge in [-0.05, 0) is 36.8 Å². The van der Waals surface area contributed by atoms with Crippen LogP contribution in [0.2, 0.25) is 5.02 Å². The first-order valence-electron chi connectivity index (χ1n) is 5.19. The van der Waals surface area contributed by atoms with E-state index in [1.165, 1.54) is 18.3 Å². The maximum absolute atomic E-state index is 10.8. The second kappa shape index (κ2) is 5.06. The largest absolute Gasteiger partial charge is 0.478 e. The molecule has 0 saturated heterocycles. The van der Waals surface area contributed by atoms with Crippen molar-refractivity contribution in [2.24, 2.45) is 0 Å². The van der Waals surface area contributed by atoms with E-state index in [0.717, 1.165) is 5.56 Å². The van der Waals surface area contributed by atoms with E-state index in [0.29, 0.717) is 10.8 Å². The molecule has 0 fully saturated rings. The topological polar surface area (TPSA) is 59.4 Å². The second-order valence-corrected chi connectivity index (χ2v) is 4.11. The molecule has 0 radical (unpaired) electrons. The predicted octanol–water partition coefficient (Wildman–Crippen LogP) is 3.53. The zero-order chi connectivity index (χ0) is 13.1. The number of benzene rings is 1. The Morgan fingerprint density at radius 3 is 2.78 bits per heavy atom. The molecule has 4 nitrogen and oxygen atoms in total.